The third kappa shape index (κ3) is 3.22. The van der Waals surface area contributed by atoms with Crippen molar-refractivity contribution in [2.24, 2.45) is 0 Å². The fourth-order valence-electron chi connectivity index (χ4n) is 1.72. The maximum absolute atomic E-state index is 3.65. The molecule has 3 heteroatoms. The van der Waals surface area contributed by atoms with Gasteiger partial charge in [0.15, 0.2) is 0 Å². The van der Waals surface area contributed by atoms with Gasteiger partial charge in [0.25, 0.3) is 0 Å². The highest BCUT2D eigenvalue weighted by Gasteiger charge is 2.08. The minimum atomic E-state index is 0.391. The molecule has 1 aromatic rings. The molecule has 0 amide bonds. The van der Waals surface area contributed by atoms with Crippen LogP contribution in [0.3, 0.4) is 0 Å². The Bertz CT molecular complexity index is 339. The highest BCUT2D eigenvalue weighted by molar-refractivity contribution is 9.10. The van der Waals surface area contributed by atoms with Crippen LogP contribution in [0.2, 0.25) is 0 Å². The Morgan fingerprint density at radius 3 is 2.62 bits per heavy atom. The standard InChI is InChI=1S/C13H21BrN2/c1-5-8-16(4)13-7-6-11(9-12(13)14)10(2)15-3/h6-7,9-10,15H,5,8H2,1-4H3. The fourth-order valence-corrected chi connectivity index (χ4v) is 2.42. The number of rotatable bonds is 5. The van der Waals surface area contributed by atoms with Crippen molar-refractivity contribution in [3.63, 3.8) is 0 Å². The smallest absolute Gasteiger partial charge is 0.0508 e. The van der Waals surface area contributed by atoms with E-state index < -0.39 is 0 Å². The van der Waals surface area contributed by atoms with Crippen LogP contribution >= 0.6 is 15.9 Å². The Hall–Kier alpha value is -0.540. The summed E-state index contributed by atoms with van der Waals surface area (Å²) in [5, 5.41) is 3.25. The van der Waals surface area contributed by atoms with Crippen molar-refractivity contribution in [3.05, 3.63) is 28.2 Å². The van der Waals surface area contributed by atoms with Gasteiger partial charge in [-0.05, 0) is 54.0 Å². The molecule has 1 rings (SSSR count). The average Bonchev–Trinajstić information content (AvgIpc) is 2.28. The molecule has 90 valence electrons. The van der Waals surface area contributed by atoms with E-state index in [1.165, 1.54) is 15.7 Å². The molecule has 0 aliphatic carbocycles. The van der Waals surface area contributed by atoms with Gasteiger partial charge in [0, 0.05) is 24.1 Å². The van der Waals surface area contributed by atoms with Crippen LogP contribution in [0.15, 0.2) is 22.7 Å². The van der Waals surface area contributed by atoms with Gasteiger partial charge in [0.1, 0.15) is 0 Å². The van der Waals surface area contributed by atoms with E-state index in [2.05, 4.69) is 65.2 Å². The number of hydrogen-bond acceptors (Lipinski definition) is 2. The zero-order valence-electron chi connectivity index (χ0n) is 10.5. The molecule has 0 aromatic heterocycles. The van der Waals surface area contributed by atoms with Crippen LogP contribution in [-0.4, -0.2) is 20.6 Å². The Balaban J connectivity index is 2.91. The maximum Gasteiger partial charge on any atom is 0.0508 e. The largest absolute Gasteiger partial charge is 0.374 e. The van der Waals surface area contributed by atoms with Crippen LogP contribution < -0.4 is 10.2 Å². The molecule has 16 heavy (non-hydrogen) atoms. The van der Waals surface area contributed by atoms with Crippen LogP contribution in [0.5, 0.6) is 0 Å². The van der Waals surface area contributed by atoms with Gasteiger partial charge in [-0.2, -0.15) is 0 Å². The monoisotopic (exact) mass is 284 g/mol. The zero-order chi connectivity index (χ0) is 12.1. The van der Waals surface area contributed by atoms with Crippen LogP contribution in [0.1, 0.15) is 31.9 Å². The zero-order valence-corrected chi connectivity index (χ0v) is 12.1. The molecule has 0 radical (unpaired) electrons. The Kier molecular flexibility index (Phi) is 5.29. The third-order valence-electron chi connectivity index (χ3n) is 2.88. The topological polar surface area (TPSA) is 15.3 Å². The number of nitrogens with zero attached hydrogens (tertiary/aromatic N) is 1. The molecule has 0 aliphatic heterocycles. The first kappa shape index (κ1) is 13.5. The van der Waals surface area contributed by atoms with Gasteiger partial charge in [-0.15, -0.1) is 0 Å². The van der Waals surface area contributed by atoms with Crippen molar-refractivity contribution < 1.29 is 0 Å². The summed E-state index contributed by atoms with van der Waals surface area (Å²) >= 11 is 3.65. The van der Waals surface area contributed by atoms with Gasteiger partial charge < -0.3 is 10.2 Å². The van der Waals surface area contributed by atoms with E-state index in [-0.39, 0.29) is 0 Å². The summed E-state index contributed by atoms with van der Waals surface area (Å²) in [6.07, 6.45) is 1.16. The lowest BCUT2D eigenvalue weighted by atomic mass is 10.1. The summed E-state index contributed by atoms with van der Waals surface area (Å²) in [5.41, 5.74) is 2.57. The molecule has 0 fully saturated rings. The molecule has 1 unspecified atom stereocenters. The number of hydrogen-bond donors (Lipinski definition) is 1. The highest BCUT2D eigenvalue weighted by atomic mass is 79.9. The van der Waals surface area contributed by atoms with Crippen LogP contribution in [0.4, 0.5) is 5.69 Å². The van der Waals surface area contributed by atoms with Gasteiger partial charge in [-0.1, -0.05) is 13.0 Å². The molecule has 2 nitrogen and oxygen atoms in total. The minimum Gasteiger partial charge on any atom is -0.374 e. The molecule has 1 aromatic carbocycles. The van der Waals surface area contributed by atoms with Crippen molar-refractivity contribution >= 4 is 21.6 Å². The van der Waals surface area contributed by atoms with E-state index in [1.807, 2.05) is 7.05 Å². The maximum atomic E-state index is 3.65. The van der Waals surface area contributed by atoms with Crippen molar-refractivity contribution in [3.8, 4) is 0 Å². The molecule has 0 bridgehead atoms. The van der Waals surface area contributed by atoms with E-state index >= 15 is 0 Å². The van der Waals surface area contributed by atoms with E-state index in [0.29, 0.717) is 6.04 Å². The second kappa shape index (κ2) is 6.26. The summed E-state index contributed by atoms with van der Waals surface area (Å²) in [4.78, 5) is 2.28. The summed E-state index contributed by atoms with van der Waals surface area (Å²) in [6.45, 7) is 5.44. The molecular formula is C13H21BrN2. The summed E-state index contributed by atoms with van der Waals surface area (Å²) in [6, 6.07) is 6.96. The van der Waals surface area contributed by atoms with E-state index in [0.717, 1.165) is 13.0 Å². The lowest BCUT2D eigenvalue weighted by molar-refractivity contribution is 0.652. The molecule has 0 saturated carbocycles. The van der Waals surface area contributed by atoms with Crippen molar-refractivity contribution in [2.45, 2.75) is 26.3 Å². The average molecular weight is 285 g/mol. The molecule has 1 N–H and O–H groups in total. The normalized spacial score (nSPS) is 12.6. The second-order valence-electron chi connectivity index (χ2n) is 4.14. The van der Waals surface area contributed by atoms with Crippen LogP contribution in [0.25, 0.3) is 0 Å². The lowest BCUT2D eigenvalue weighted by Crippen LogP contribution is -2.18. The first-order valence-electron chi connectivity index (χ1n) is 5.78. The summed E-state index contributed by atoms with van der Waals surface area (Å²) in [7, 11) is 4.11. The molecular weight excluding hydrogens is 264 g/mol. The number of halogens is 1. The molecule has 0 aliphatic rings. The van der Waals surface area contributed by atoms with E-state index in [1.54, 1.807) is 0 Å². The number of anilines is 1. The Morgan fingerprint density at radius 2 is 2.12 bits per heavy atom. The minimum absolute atomic E-state index is 0.391. The Labute approximate surface area is 107 Å². The van der Waals surface area contributed by atoms with Crippen molar-refractivity contribution in [1.29, 1.82) is 0 Å². The lowest BCUT2D eigenvalue weighted by Gasteiger charge is -2.21. The molecule has 0 spiro atoms. The molecule has 0 heterocycles. The Morgan fingerprint density at radius 1 is 1.44 bits per heavy atom. The summed E-state index contributed by atoms with van der Waals surface area (Å²) < 4.78 is 1.17. The molecule has 0 saturated heterocycles. The van der Waals surface area contributed by atoms with E-state index in [9.17, 15) is 0 Å². The quantitative estimate of drug-likeness (QED) is 0.889. The SMILES string of the molecule is CCCN(C)c1ccc(C(C)NC)cc1Br. The fraction of sp³-hybridized carbons (Fsp3) is 0.538. The van der Waals surface area contributed by atoms with Gasteiger partial charge in [0.2, 0.25) is 0 Å². The van der Waals surface area contributed by atoms with Gasteiger partial charge in [-0.3, -0.25) is 0 Å². The van der Waals surface area contributed by atoms with E-state index in [4.69, 9.17) is 0 Å². The predicted molar refractivity (Wildman–Crippen MR) is 75.2 cm³/mol. The highest BCUT2D eigenvalue weighted by Crippen LogP contribution is 2.28. The molecule has 1 atom stereocenters. The van der Waals surface area contributed by atoms with Crippen molar-refractivity contribution in [2.75, 3.05) is 25.5 Å². The number of nitrogens with one attached hydrogen (secondary N) is 1. The summed E-state index contributed by atoms with van der Waals surface area (Å²) in [5.74, 6) is 0. The number of benzene rings is 1. The first-order chi connectivity index (χ1) is 7.60. The van der Waals surface area contributed by atoms with Crippen LogP contribution in [-0.2, 0) is 0 Å². The van der Waals surface area contributed by atoms with Crippen molar-refractivity contribution in [1.82, 2.24) is 5.32 Å². The van der Waals surface area contributed by atoms with Gasteiger partial charge >= 0.3 is 0 Å². The second-order valence-corrected chi connectivity index (χ2v) is 5.00. The van der Waals surface area contributed by atoms with Gasteiger partial charge in [-0.25, -0.2) is 0 Å². The van der Waals surface area contributed by atoms with Crippen LogP contribution in [0, 0.1) is 0 Å². The van der Waals surface area contributed by atoms with Gasteiger partial charge in [0.05, 0.1) is 5.69 Å². The predicted octanol–water partition coefficient (Wildman–Crippen LogP) is 3.58. The first-order valence-corrected chi connectivity index (χ1v) is 6.57. The third-order valence-corrected chi connectivity index (χ3v) is 3.51.